The standard InChI is InChI=1S/C17H23BrO4/c1-9(2)15-12(11(8-14(19)20)10-5-6-10)7-13(18)16(21-3)17(15)22-4/h7,9-11H,5-6,8H2,1-4H3,(H,19,20). The fourth-order valence-electron chi connectivity index (χ4n) is 3.15. The van der Waals surface area contributed by atoms with E-state index < -0.39 is 5.97 Å². The summed E-state index contributed by atoms with van der Waals surface area (Å²) in [6, 6.07) is 2.02. The summed E-state index contributed by atoms with van der Waals surface area (Å²) in [6.07, 6.45) is 2.36. The highest BCUT2D eigenvalue weighted by Gasteiger charge is 2.37. The molecular formula is C17H23BrO4. The van der Waals surface area contributed by atoms with E-state index in [1.807, 2.05) is 6.07 Å². The van der Waals surface area contributed by atoms with E-state index in [0.717, 1.165) is 28.4 Å². The van der Waals surface area contributed by atoms with Crippen LogP contribution < -0.4 is 9.47 Å². The van der Waals surface area contributed by atoms with Crippen molar-refractivity contribution < 1.29 is 19.4 Å². The maximum atomic E-state index is 11.3. The predicted octanol–water partition coefficient (Wildman–Crippen LogP) is 4.56. The van der Waals surface area contributed by atoms with E-state index in [0.29, 0.717) is 17.4 Å². The molecule has 0 heterocycles. The van der Waals surface area contributed by atoms with Gasteiger partial charge < -0.3 is 14.6 Å². The van der Waals surface area contributed by atoms with Crippen LogP contribution in [0.2, 0.25) is 0 Å². The van der Waals surface area contributed by atoms with Gasteiger partial charge in [-0.1, -0.05) is 13.8 Å². The Labute approximate surface area is 139 Å². The molecule has 0 spiro atoms. The largest absolute Gasteiger partial charge is 0.493 e. The van der Waals surface area contributed by atoms with Crippen LogP contribution in [-0.2, 0) is 4.79 Å². The van der Waals surface area contributed by atoms with Crippen LogP contribution in [0.3, 0.4) is 0 Å². The number of carboxylic acids is 1. The molecule has 0 amide bonds. The lowest BCUT2D eigenvalue weighted by atomic mass is 9.83. The molecule has 0 radical (unpaired) electrons. The van der Waals surface area contributed by atoms with Gasteiger partial charge in [-0.2, -0.15) is 0 Å². The van der Waals surface area contributed by atoms with Crippen molar-refractivity contribution in [3.63, 3.8) is 0 Å². The molecule has 0 aliphatic heterocycles. The van der Waals surface area contributed by atoms with Crippen LogP contribution in [0, 0.1) is 5.92 Å². The Kier molecular flexibility index (Phi) is 5.37. The van der Waals surface area contributed by atoms with E-state index in [4.69, 9.17) is 9.47 Å². The van der Waals surface area contributed by atoms with E-state index in [2.05, 4.69) is 29.8 Å². The Morgan fingerprint density at radius 1 is 1.32 bits per heavy atom. The molecule has 1 aromatic carbocycles. The van der Waals surface area contributed by atoms with Gasteiger partial charge in [0, 0.05) is 5.56 Å². The molecule has 0 saturated heterocycles. The predicted molar refractivity (Wildman–Crippen MR) is 89.1 cm³/mol. The Morgan fingerprint density at radius 2 is 1.91 bits per heavy atom. The number of hydrogen-bond acceptors (Lipinski definition) is 3. The zero-order valence-electron chi connectivity index (χ0n) is 13.5. The van der Waals surface area contributed by atoms with Gasteiger partial charge in [-0.05, 0) is 58.2 Å². The van der Waals surface area contributed by atoms with Gasteiger partial charge in [0.2, 0.25) is 0 Å². The number of aliphatic carboxylic acids is 1. The monoisotopic (exact) mass is 370 g/mol. The number of ether oxygens (including phenoxy) is 2. The first-order valence-electron chi connectivity index (χ1n) is 7.56. The van der Waals surface area contributed by atoms with E-state index >= 15 is 0 Å². The molecule has 1 aromatic rings. The lowest BCUT2D eigenvalue weighted by Gasteiger charge is -2.25. The third-order valence-corrected chi connectivity index (χ3v) is 4.82. The van der Waals surface area contributed by atoms with Gasteiger partial charge in [-0.3, -0.25) is 4.79 Å². The van der Waals surface area contributed by atoms with E-state index in [-0.39, 0.29) is 18.3 Å². The molecule has 0 bridgehead atoms. The topological polar surface area (TPSA) is 55.8 Å². The van der Waals surface area contributed by atoms with Crippen LogP contribution in [0.15, 0.2) is 10.5 Å². The average molecular weight is 371 g/mol. The molecule has 1 fully saturated rings. The van der Waals surface area contributed by atoms with Crippen LogP contribution in [0.1, 0.15) is 56.1 Å². The Hall–Kier alpha value is -1.23. The summed E-state index contributed by atoms with van der Waals surface area (Å²) in [5.41, 5.74) is 2.13. The minimum atomic E-state index is -0.752. The minimum absolute atomic E-state index is 0.0333. The zero-order chi connectivity index (χ0) is 16.4. The SMILES string of the molecule is COc1c(Br)cc(C(CC(=O)O)C2CC2)c(C(C)C)c1OC. The van der Waals surface area contributed by atoms with Crippen LogP contribution in [0.4, 0.5) is 0 Å². The number of hydrogen-bond donors (Lipinski definition) is 1. The van der Waals surface area contributed by atoms with Crippen molar-refractivity contribution in [2.75, 3.05) is 14.2 Å². The molecular weight excluding hydrogens is 348 g/mol. The van der Waals surface area contributed by atoms with Crippen molar-refractivity contribution in [3.8, 4) is 11.5 Å². The molecule has 1 atom stereocenters. The molecule has 1 aliphatic carbocycles. The summed E-state index contributed by atoms with van der Waals surface area (Å²) in [5.74, 6) is 1.34. The third kappa shape index (κ3) is 3.40. The Balaban J connectivity index is 2.62. The summed E-state index contributed by atoms with van der Waals surface area (Å²) < 4.78 is 11.9. The lowest BCUT2D eigenvalue weighted by Crippen LogP contribution is -2.13. The van der Waals surface area contributed by atoms with E-state index in [1.165, 1.54) is 0 Å². The maximum Gasteiger partial charge on any atom is 0.303 e. The summed E-state index contributed by atoms with van der Waals surface area (Å²) >= 11 is 3.53. The second-order valence-corrected chi connectivity index (χ2v) is 6.98. The first kappa shape index (κ1) is 17.1. The second-order valence-electron chi connectivity index (χ2n) is 6.12. The highest BCUT2D eigenvalue weighted by molar-refractivity contribution is 9.10. The van der Waals surface area contributed by atoms with Crippen molar-refractivity contribution in [1.82, 2.24) is 0 Å². The summed E-state index contributed by atoms with van der Waals surface area (Å²) in [4.78, 5) is 11.3. The van der Waals surface area contributed by atoms with Gasteiger partial charge in [-0.25, -0.2) is 0 Å². The number of benzene rings is 1. The number of carbonyl (C=O) groups is 1. The van der Waals surface area contributed by atoms with Gasteiger partial charge in [0.25, 0.3) is 0 Å². The molecule has 22 heavy (non-hydrogen) atoms. The molecule has 5 heteroatoms. The number of halogens is 1. The van der Waals surface area contributed by atoms with Crippen LogP contribution in [-0.4, -0.2) is 25.3 Å². The molecule has 4 nitrogen and oxygen atoms in total. The first-order valence-corrected chi connectivity index (χ1v) is 8.36. The van der Waals surface area contributed by atoms with Crippen molar-refractivity contribution in [3.05, 3.63) is 21.7 Å². The number of rotatable bonds is 7. The average Bonchev–Trinajstić information content (AvgIpc) is 3.27. The third-order valence-electron chi connectivity index (χ3n) is 4.23. The van der Waals surface area contributed by atoms with Gasteiger partial charge in [0.1, 0.15) is 0 Å². The van der Waals surface area contributed by atoms with Crippen molar-refractivity contribution >= 4 is 21.9 Å². The molecule has 2 rings (SSSR count). The van der Waals surface area contributed by atoms with E-state index in [1.54, 1.807) is 14.2 Å². The first-order chi connectivity index (χ1) is 10.4. The van der Waals surface area contributed by atoms with Crippen LogP contribution >= 0.6 is 15.9 Å². The van der Waals surface area contributed by atoms with Gasteiger partial charge >= 0.3 is 5.97 Å². The second kappa shape index (κ2) is 6.90. The lowest BCUT2D eigenvalue weighted by molar-refractivity contribution is -0.137. The fraction of sp³-hybridized carbons (Fsp3) is 0.588. The number of carboxylic acid groups (broad SMARTS) is 1. The van der Waals surface area contributed by atoms with Crippen LogP contribution in [0.25, 0.3) is 0 Å². The number of methoxy groups -OCH3 is 2. The van der Waals surface area contributed by atoms with Crippen molar-refractivity contribution in [1.29, 1.82) is 0 Å². The maximum absolute atomic E-state index is 11.3. The van der Waals surface area contributed by atoms with Gasteiger partial charge in [0.15, 0.2) is 11.5 Å². The minimum Gasteiger partial charge on any atom is -0.493 e. The Morgan fingerprint density at radius 3 is 2.32 bits per heavy atom. The molecule has 1 saturated carbocycles. The van der Waals surface area contributed by atoms with Gasteiger partial charge in [-0.15, -0.1) is 0 Å². The van der Waals surface area contributed by atoms with Crippen LogP contribution in [0.5, 0.6) is 11.5 Å². The quantitative estimate of drug-likeness (QED) is 0.764. The molecule has 1 unspecified atom stereocenters. The summed E-state index contributed by atoms with van der Waals surface area (Å²) in [5, 5.41) is 9.28. The highest BCUT2D eigenvalue weighted by Crippen LogP contribution is 2.51. The zero-order valence-corrected chi connectivity index (χ0v) is 15.1. The highest BCUT2D eigenvalue weighted by atomic mass is 79.9. The summed E-state index contributed by atoms with van der Waals surface area (Å²) in [7, 11) is 3.24. The molecule has 1 aliphatic rings. The molecule has 122 valence electrons. The Bertz CT molecular complexity index is 564. The van der Waals surface area contributed by atoms with Gasteiger partial charge in [0.05, 0.1) is 25.1 Å². The molecule has 1 N–H and O–H groups in total. The normalized spacial score (nSPS) is 15.7. The van der Waals surface area contributed by atoms with Crippen molar-refractivity contribution in [2.24, 2.45) is 5.92 Å². The molecule has 0 aromatic heterocycles. The van der Waals surface area contributed by atoms with E-state index in [9.17, 15) is 9.90 Å². The smallest absolute Gasteiger partial charge is 0.303 e. The van der Waals surface area contributed by atoms with Crippen molar-refractivity contribution in [2.45, 2.75) is 44.9 Å². The summed E-state index contributed by atoms with van der Waals surface area (Å²) in [6.45, 7) is 4.19. The fourth-order valence-corrected chi connectivity index (χ4v) is 3.74.